The van der Waals surface area contributed by atoms with Crippen LogP contribution in [0.3, 0.4) is 0 Å². The van der Waals surface area contributed by atoms with Crippen LogP contribution < -0.4 is 5.09 Å². The van der Waals surface area contributed by atoms with Crippen molar-refractivity contribution in [3.05, 3.63) is 64.7 Å². The zero-order chi connectivity index (χ0) is 16.6. The van der Waals surface area contributed by atoms with Crippen LogP contribution in [0.15, 0.2) is 42.5 Å². The predicted octanol–water partition coefficient (Wildman–Crippen LogP) is 3.27. The number of carbonyl (C=O) groups is 2. The van der Waals surface area contributed by atoms with Gasteiger partial charge >= 0.3 is 7.75 Å². The standard InChI is InChI=1S/C16H14NO5P/c1-21-23(20,22-2)17-13-9-5-8-12-14(13)16(19)11-7-4-3-6-10(11)15(12)18/h3-9H,1-2H3,(H,17,20). The average Bonchev–Trinajstić information content (AvgIpc) is 2.59. The number of hydrogen-bond donors (Lipinski definition) is 1. The molecule has 23 heavy (non-hydrogen) atoms. The van der Waals surface area contributed by atoms with Crippen molar-refractivity contribution in [3.8, 4) is 0 Å². The van der Waals surface area contributed by atoms with E-state index in [0.29, 0.717) is 11.1 Å². The molecule has 0 fully saturated rings. The minimum absolute atomic E-state index is 0.172. The van der Waals surface area contributed by atoms with E-state index in [4.69, 9.17) is 9.05 Å². The van der Waals surface area contributed by atoms with Crippen molar-refractivity contribution in [3.63, 3.8) is 0 Å². The zero-order valence-corrected chi connectivity index (χ0v) is 13.4. The third-order valence-corrected chi connectivity index (χ3v) is 5.17. The summed E-state index contributed by atoms with van der Waals surface area (Å²) in [6.07, 6.45) is 0. The molecule has 118 valence electrons. The van der Waals surface area contributed by atoms with E-state index in [1.54, 1.807) is 42.5 Å². The number of carbonyl (C=O) groups excluding carboxylic acids is 2. The van der Waals surface area contributed by atoms with E-state index < -0.39 is 7.75 Å². The summed E-state index contributed by atoms with van der Waals surface area (Å²) in [6, 6.07) is 11.4. The molecule has 1 N–H and O–H groups in total. The Hall–Kier alpha value is -2.27. The van der Waals surface area contributed by atoms with Crippen LogP contribution in [0.2, 0.25) is 0 Å². The van der Waals surface area contributed by atoms with Gasteiger partial charge in [0.05, 0.1) is 11.3 Å². The van der Waals surface area contributed by atoms with Gasteiger partial charge in [0.2, 0.25) is 0 Å². The maximum Gasteiger partial charge on any atom is 0.432 e. The fourth-order valence-electron chi connectivity index (χ4n) is 2.55. The molecule has 0 bridgehead atoms. The Bertz CT molecular complexity index is 853. The van der Waals surface area contributed by atoms with Crippen molar-refractivity contribution < 1.29 is 23.2 Å². The number of nitrogens with one attached hydrogen (secondary N) is 1. The Morgan fingerprint density at radius 3 is 2.00 bits per heavy atom. The summed E-state index contributed by atoms with van der Waals surface area (Å²) in [4.78, 5) is 25.4. The quantitative estimate of drug-likeness (QED) is 0.739. The monoisotopic (exact) mass is 331 g/mol. The van der Waals surface area contributed by atoms with E-state index in [0.717, 1.165) is 0 Å². The van der Waals surface area contributed by atoms with Gasteiger partial charge in [-0.3, -0.25) is 23.7 Å². The van der Waals surface area contributed by atoms with Crippen LogP contribution in [0.1, 0.15) is 31.8 Å². The molecule has 0 spiro atoms. The highest BCUT2D eigenvalue weighted by Gasteiger charge is 2.33. The molecule has 6 nitrogen and oxygen atoms in total. The largest absolute Gasteiger partial charge is 0.432 e. The predicted molar refractivity (Wildman–Crippen MR) is 85.0 cm³/mol. The number of rotatable bonds is 4. The smallest absolute Gasteiger partial charge is 0.296 e. The second-order valence-electron chi connectivity index (χ2n) is 4.91. The maximum atomic E-state index is 12.8. The van der Waals surface area contributed by atoms with Gasteiger partial charge in [0.1, 0.15) is 0 Å². The van der Waals surface area contributed by atoms with Crippen LogP contribution in [-0.2, 0) is 13.6 Å². The minimum Gasteiger partial charge on any atom is -0.296 e. The number of ketones is 2. The zero-order valence-electron chi connectivity index (χ0n) is 12.5. The molecular weight excluding hydrogens is 317 g/mol. The van der Waals surface area contributed by atoms with Gasteiger partial charge in [-0.15, -0.1) is 0 Å². The third-order valence-electron chi connectivity index (χ3n) is 3.69. The molecule has 1 aliphatic carbocycles. The van der Waals surface area contributed by atoms with Crippen LogP contribution in [0.4, 0.5) is 5.69 Å². The maximum absolute atomic E-state index is 12.8. The summed E-state index contributed by atoms with van der Waals surface area (Å²) in [5.41, 5.74) is 1.36. The molecule has 1 aliphatic rings. The lowest BCUT2D eigenvalue weighted by Gasteiger charge is -2.22. The molecule has 0 heterocycles. The molecule has 0 aliphatic heterocycles. The molecule has 2 aromatic carbocycles. The lowest BCUT2D eigenvalue weighted by Crippen LogP contribution is -2.22. The number of benzene rings is 2. The molecule has 2 aromatic rings. The van der Waals surface area contributed by atoms with Crippen molar-refractivity contribution in [2.45, 2.75) is 0 Å². The molecule has 0 saturated heterocycles. The summed E-state index contributed by atoms with van der Waals surface area (Å²) >= 11 is 0. The molecule has 0 unspecified atom stereocenters. The number of fused-ring (bicyclic) bond motifs is 2. The second-order valence-corrected chi connectivity index (χ2v) is 6.86. The Labute approximate surface area is 133 Å². The highest BCUT2D eigenvalue weighted by atomic mass is 31.2. The third kappa shape index (κ3) is 2.51. The van der Waals surface area contributed by atoms with Crippen LogP contribution in [-0.4, -0.2) is 25.8 Å². The van der Waals surface area contributed by atoms with Crippen molar-refractivity contribution in [1.82, 2.24) is 0 Å². The van der Waals surface area contributed by atoms with Crippen molar-refractivity contribution in [2.75, 3.05) is 19.3 Å². The van der Waals surface area contributed by atoms with E-state index in [-0.39, 0.29) is 28.4 Å². The van der Waals surface area contributed by atoms with E-state index in [1.807, 2.05) is 0 Å². The Morgan fingerprint density at radius 2 is 1.39 bits per heavy atom. The van der Waals surface area contributed by atoms with Gasteiger partial charge in [-0.05, 0) is 6.07 Å². The Balaban J connectivity index is 2.17. The van der Waals surface area contributed by atoms with Gasteiger partial charge < -0.3 is 0 Å². The summed E-state index contributed by atoms with van der Waals surface area (Å²) in [6.45, 7) is 0. The van der Waals surface area contributed by atoms with Crippen molar-refractivity contribution in [1.29, 1.82) is 0 Å². The topological polar surface area (TPSA) is 81.7 Å². The average molecular weight is 331 g/mol. The van der Waals surface area contributed by atoms with Crippen molar-refractivity contribution >= 4 is 25.0 Å². The van der Waals surface area contributed by atoms with Gasteiger partial charge in [0.15, 0.2) is 11.6 Å². The van der Waals surface area contributed by atoms with Crippen LogP contribution in [0, 0.1) is 0 Å². The van der Waals surface area contributed by atoms with Crippen molar-refractivity contribution in [2.24, 2.45) is 0 Å². The van der Waals surface area contributed by atoms with E-state index in [2.05, 4.69) is 5.09 Å². The van der Waals surface area contributed by atoms with E-state index in [1.165, 1.54) is 14.2 Å². The molecule has 3 rings (SSSR count). The number of hydrogen-bond acceptors (Lipinski definition) is 5. The molecule has 0 atom stereocenters. The highest BCUT2D eigenvalue weighted by Crippen LogP contribution is 2.47. The van der Waals surface area contributed by atoms with Gasteiger partial charge in [-0.1, -0.05) is 36.4 Å². The summed E-state index contributed by atoms with van der Waals surface area (Å²) in [5.74, 6) is -0.555. The summed E-state index contributed by atoms with van der Waals surface area (Å²) in [7, 11) is -1.13. The van der Waals surface area contributed by atoms with Gasteiger partial charge in [0.25, 0.3) is 0 Å². The summed E-state index contributed by atoms with van der Waals surface area (Å²) < 4.78 is 22.0. The second kappa shape index (κ2) is 5.74. The minimum atomic E-state index is -3.59. The fraction of sp³-hybridized carbons (Fsp3) is 0.125. The normalized spacial score (nSPS) is 13.5. The number of anilines is 1. The van der Waals surface area contributed by atoms with Crippen LogP contribution in [0.5, 0.6) is 0 Å². The van der Waals surface area contributed by atoms with E-state index in [9.17, 15) is 14.2 Å². The molecule has 0 amide bonds. The first-order valence-electron chi connectivity index (χ1n) is 6.82. The molecule has 7 heteroatoms. The molecule has 0 saturated carbocycles. The van der Waals surface area contributed by atoms with Gasteiger partial charge in [-0.25, -0.2) is 4.57 Å². The molecular formula is C16H14NO5P. The van der Waals surface area contributed by atoms with Gasteiger partial charge in [-0.2, -0.15) is 0 Å². The molecule has 0 radical (unpaired) electrons. The van der Waals surface area contributed by atoms with Crippen LogP contribution in [0.25, 0.3) is 0 Å². The molecule has 0 aromatic heterocycles. The Morgan fingerprint density at radius 1 is 0.826 bits per heavy atom. The highest BCUT2D eigenvalue weighted by molar-refractivity contribution is 7.55. The lowest BCUT2D eigenvalue weighted by atomic mass is 9.83. The Kier molecular flexibility index (Phi) is 3.90. The first-order valence-corrected chi connectivity index (χ1v) is 8.36. The van der Waals surface area contributed by atoms with Crippen LogP contribution >= 0.6 is 7.75 Å². The fourth-order valence-corrected chi connectivity index (χ4v) is 3.36. The first-order chi connectivity index (χ1) is 11.0. The van der Waals surface area contributed by atoms with E-state index >= 15 is 0 Å². The van der Waals surface area contributed by atoms with Gasteiger partial charge in [0, 0.05) is 30.9 Å². The summed E-state index contributed by atoms with van der Waals surface area (Å²) in [5, 5.41) is 2.60. The first kappa shape index (κ1) is 15.6. The SMILES string of the molecule is COP(=O)(Nc1cccc2c1C(=O)c1ccccc1C2=O)OC. The lowest BCUT2D eigenvalue weighted by molar-refractivity contribution is 0.0979.